The van der Waals surface area contributed by atoms with Gasteiger partial charge in [-0.15, -0.1) is 0 Å². The van der Waals surface area contributed by atoms with E-state index in [9.17, 15) is 0 Å². The van der Waals surface area contributed by atoms with Gasteiger partial charge in [-0.25, -0.2) is 0 Å². The predicted molar refractivity (Wildman–Crippen MR) is 59.2 cm³/mol. The minimum atomic E-state index is -0.184. The number of hydrogen-bond acceptors (Lipinski definition) is 3. The van der Waals surface area contributed by atoms with Crippen molar-refractivity contribution >= 4 is 0 Å². The van der Waals surface area contributed by atoms with Crippen molar-refractivity contribution in [2.75, 3.05) is 13.2 Å². The lowest BCUT2D eigenvalue weighted by Gasteiger charge is -2.19. The second-order valence-corrected chi connectivity index (χ2v) is 3.99. The van der Waals surface area contributed by atoms with Gasteiger partial charge in [-0.1, -0.05) is 11.6 Å². The molecule has 0 aliphatic carbocycles. The Balaban J connectivity index is 3.63. The highest BCUT2D eigenvalue weighted by Gasteiger charge is 2.08. The highest BCUT2D eigenvalue weighted by Crippen LogP contribution is 2.01. The lowest BCUT2D eigenvalue weighted by molar-refractivity contribution is 0.162. The summed E-state index contributed by atoms with van der Waals surface area (Å²) in [6.07, 6.45) is 4.27. The van der Waals surface area contributed by atoms with Crippen molar-refractivity contribution in [3.05, 3.63) is 11.6 Å². The highest BCUT2D eigenvalue weighted by atomic mass is 16.3. The third-order valence-electron chi connectivity index (χ3n) is 2.11. The van der Waals surface area contributed by atoms with E-state index in [0.717, 1.165) is 12.8 Å². The molecule has 0 amide bonds. The number of aliphatic hydroxyl groups excluding tert-OH is 2. The van der Waals surface area contributed by atoms with Crippen LogP contribution in [0.1, 0.15) is 33.6 Å². The topological polar surface area (TPSA) is 52.5 Å². The van der Waals surface area contributed by atoms with Crippen molar-refractivity contribution in [3.8, 4) is 0 Å². The number of hydrogen-bond donors (Lipinski definition) is 3. The molecule has 0 aliphatic heterocycles. The van der Waals surface area contributed by atoms with E-state index in [1.165, 1.54) is 5.57 Å². The Morgan fingerprint density at radius 3 is 2.29 bits per heavy atom. The SMILES string of the molecule is CC(C)=CCCC(C)NC(CO)CO. The van der Waals surface area contributed by atoms with Crippen molar-refractivity contribution in [2.24, 2.45) is 0 Å². The molecule has 0 aromatic heterocycles. The molecule has 0 aliphatic rings. The summed E-state index contributed by atoms with van der Waals surface area (Å²) in [5.41, 5.74) is 1.33. The van der Waals surface area contributed by atoms with Crippen LogP contribution >= 0.6 is 0 Å². The third-order valence-corrected chi connectivity index (χ3v) is 2.11. The standard InChI is InChI=1S/C11H23NO2/c1-9(2)5-4-6-10(3)12-11(7-13)8-14/h5,10-14H,4,6-8H2,1-3H3. The van der Waals surface area contributed by atoms with E-state index in [-0.39, 0.29) is 19.3 Å². The minimum absolute atomic E-state index is 0.0104. The van der Waals surface area contributed by atoms with Crippen molar-refractivity contribution in [2.45, 2.75) is 45.7 Å². The Kier molecular flexibility index (Phi) is 7.76. The number of rotatable bonds is 7. The average molecular weight is 201 g/mol. The molecule has 0 saturated heterocycles. The second-order valence-electron chi connectivity index (χ2n) is 3.99. The Morgan fingerprint density at radius 2 is 1.86 bits per heavy atom. The first-order valence-electron chi connectivity index (χ1n) is 5.21. The smallest absolute Gasteiger partial charge is 0.0607 e. The molecule has 0 rings (SSSR count). The monoisotopic (exact) mass is 201 g/mol. The molecule has 0 heterocycles. The maximum atomic E-state index is 8.85. The lowest BCUT2D eigenvalue weighted by Crippen LogP contribution is -2.41. The summed E-state index contributed by atoms with van der Waals surface area (Å²) in [6.45, 7) is 6.22. The summed E-state index contributed by atoms with van der Waals surface area (Å²) in [5, 5.41) is 20.9. The van der Waals surface area contributed by atoms with Gasteiger partial charge in [0, 0.05) is 6.04 Å². The van der Waals surface area contributed by atoms with Gasteiger partial charge in [0.15, 0.2) is 0 Å². The zero-order valence-electron chi connectivity index (χ0n) is 9.45. The van der Waals surface area contributed by atoms with Gasteiger partial charge in [0.2, 0.25) is 0 Å². The first-order valence-corrected chi connectivity index (χ1v) is 5.21. The summed E-state index contributed by atoms with van der Waals surface area (Å²) in [6, 6.07) is 0.145. The zero-order chi connectivity index (χ0) is 11.0. The van der Waals surface area contributed by atoms with Gasteiger partial charge in [-0.2, -0.15) is 0 Å². The fraction of sp³-hybridized carbons (Fsp3) is 0.818. The molecule has 3 heteroatoms. The normalized spacial score (nSPS) is 13.0. The highest BCUT2D eigenvalue weighted by molar-refractivity contribution is 4.93. The molecular weight excluding hydrogens is 178 g/mol. The van der Waals surface area contributed by atoms with E-state index in [2.05, 4.69) is 32.2 Å². The summed E-state index contributed by atoms with van der Waals surface area (Å²) < 4.78 is 0. The van der Waals surface area contributed by atoms with Crippen LogP contribution < -0.4 is 5.32 Å². The molecule has 0 bridgehead atoms. The molecule has 0 aromatic rings. The Labute approximate surface area is 86.8 Å². The molecule has 3 N–H and O–H groups in total. The summed E-state index contributed by atoms with van der Waals surface area (Å²) in [4.78, 5) is 0. The molecule has 3 nitrogen and oxygen atoms in total. The van der Waals surface area contributed by atoms with Crippen molar-refractivity contribution in [1.29, 1.82) is 0 Å². The quantitative estimate of drug-likeness (QED) is 0.540. The van der Waals surface area contributed by atoms with E-state index < -0.39 is 0 Å². The van der Waals surface area contributed by atoms with Crippen LogP contribution in [0.25, 0.3) is 0 Å². The maximum Gasteiger partial charge on any atom is 0.0607 e. The Hall–Kier alpha value is -0.380. The summed E-state index contributed by atoms with van der Waals surface area (Å²) in [5.74, 6) is 0. The van der Waals surface area contributed by atoms with Gasteiger partial charge in [0.05, 0.1) is 19.3 Å². The molecule has 14 heavy (non-hydrogen) atoms. The molecular formula is C11H23NO2. The van der Waals surface area contributed by atoms with Crippen LogP contribution in [0.2, 0.25) is 0 Å². The molecule has 84 valence electrons. The van der Waals surface area contributed by atoms with Gasteiger partial charge in [-0.3, -0.25) is 0 Å². The second kappa shape index (κ2) is 7.97. The van der Waals surface area contributed by atoms with Gasteiger partial charge in [-0.05, 0) is 33.6 Å². The van der Waals surface area contributed by atoms with Crippen LogP contribution in [-0.2, 0) is 0 Å². The Bertz CT molecular complexity index is 161. The lowest BCUT2D eigenvalue weighted by atomic mass is 10.1. The van der Waals surface area contributed by atoms with Crippen LogP contribution in [0.15, 0.2) is 11.6 Å². The minimum Gasteiger partial charge on any atom is -0.395 e. The van der Waals surface area contributed by atoms with Crippen LogP contribution in [-0.4, -0.2) is 35.5 Å². The maximum absolute atomic E-state index is 8.85. The van der Waals surface area contributed by atoms with Gasteiger partial charge in [0.1, 0.15) is 0 Å². The average Bonchev–Trinajstić information content (AvgIpc) is 2.13. The predicted octanol–water partition coefficient (Wildman–Crippen LogP) is 1.06. The number of allylic oxidation sites excluding steroid dienone is 2. The van der Waals surface area contributed by atoms with E-state index in [0.29, 0.717) is 6.04 Å². The third kappa shape index (κ3) is 7.06. The zero-order valence-corrected chi connectivity index (χ0v) is 9.45. The van der Waals surface area contributed by atoms with E-state index in [1.54, 1.807) is 0 Å². The van der Waals surface area contributed by atoms with Crippen LogP contribution in [0.3, 0.4) is 0 Å². The summed E-state index contributed by atoms with van der Waals surface area (Å²) in [7, 11) is 0. The van der Waals surface area contributed by atoms with Gasteiger partial charge >= 0.3 is 0 Å². The van der Waals surface area contributed by atoms with Gasteiger partial charge < -0.3 is 15.5 Å². The van der Waals surface area contributed by atoms with Crippen molar-refractivity contribution < 1.29 is 10.2 Å². The first kappa shape index (κ1) is 13.6. The Morgan fingerprint density at radius 1 is 1.29 bits per heavy atom. The molecule has 0 fully saturated rings. The van der Waals surface area contributed by atoms with E-state index >= 15 is 0 Å². The van der Waals surface area contributed by atoms with E-state index in [4.69, 9.17) is 10.2 Å². The number of nitrogens with one attached hydrogen (secondary N) is 1. The fourth-order valence-electron chi connectivity index (χ4n) is 1.27. The van der Waals surface area contributed by atoms with Crippen LogP contribution in [0.5, 0.6) is 0 Å². The summed E-state index contributed by atoms with van der Waals surface area (Å²) >= 11 is 0. The molecule has 1 atom stereocenters. The first-order chi connectivity index (χ1) is 6.60. The largest absolute Gasteiger partial charge is 0.395 e. The van der Waals surface area contributed by atoms with Gasteiger partial charge in [0.25, 0.3) is 0 Å². The van der Waals surface area contributed by atoms with Crippen LogP contribution in [0, 0.1) is 0 Å². The number of aliphatic hydroxyl groups is 2. The van der Waals surface area contributed by atoms with Crippen LogP contribution in [0.4, 0.5) is 0 Å². The molecule has 0 aromatic carbocycles. The molecule has 0 saturated carbocycles. The molecule has 0 spiro atoms. The van der Waals surface area contributed by atoms with Crippen molar-refractivity contribution in [3.63, 3.8) is 0 Å². The fourth-order valence-corrected chi connectivity index (χ4v) is 1.27. The molecule has 1 unspecified atom stereocenters. The van der Waals surface area contributed by atoms with Crippen molar-refractivity contribution in [1.82, 2.24) is 5.32 Å². The van der Waals surface area contributed by atoms with E-state index in [1.807, 2.05) is 0 Å². The molecule has 0 radical (unpaired) electrons.